The molecule has 0 aliphatic heterocycles. The van der Waals surface area contributed by atoms with Crippen molar-refractivity contribution in [2.75, 3.05) is 0 Å². The Kier molecular flexibility index (Phi) is 3.13. The molecule has 0 saturated carbocycles. The van der Waals surface area contributed by atoms with Crippen molar-refractivity contribution in [3.8, 4) is 0 Å². The van der Waals surface area contributed by atoms with Gasteiger partial charge in [-0.05, 0) is 23.5 Å². The number of benzene rings is 1. The molecule has 15 heavy (non-hydrogen) atoms. The van der Waals surface area contributed by atoms with E-state index in [4.69, 9.17) is 0 Å². The summed E-state index contributed by atoms with van der Waals surface area (Å²) in [5, 5.41) is 0. The fraction of sp³-hybridized carbons (Fsp3) is 0.357. The van der Waals surface area contributed by atoms with E-state index in [1.54, 1.807) is 6.92 Å². The molecule has 0 radical (unpaired) electrons. The topological polar surface area (TPSA) is 17.1 Å². The predicted molar refractivity (Wildman–Crippen MR) is 64.9 cm³/mol. The molecule has 1 aromatic carbocycles. The smallest absolute Gasteiger partial charge is 0.159 e. The molecule has 0 fully saturated rings. The number of rotatable bonds is 2. The molecule has 0 heterocycles. The molecule has 0 unspecified atom stereocenters. The monoisotopic (exact) mass is 202 g/mol. The van der Waals surface area contributed by atoms with Gasteiger partial charge in [-0.15, -0.1) is 0 Å². The van der Waals surface area contributed by atoms with E-state index in [1.165, 1.54) is 5.56 Å². The fourth-order valence-electron chi connectivity index (χ4n) is 1.37. The van der Waals surface area contributed by atoms with Crippen molar-refractivity contribution in [3.05, 3.63) is 42.0 Å². The van der Waals surface area contributed by atoms with Crippen molar-refractivity contribution in [3.63, 3.8) is 0 Å². The highest BCUT2D eigenvalue weighted by Crippen LogP contribution is 2.23. The van der Waals surface area contributed by atoms with Crippen LogP contribution in [0, 0.1) is 0 Å². The van der Waals surface area contributed by atoms with Gasteiger partial charge in [0.15, 0.2) is 5.78 Å². The lowest BCUT2D eigenvalue weighted by molar-refractivity contribution is -0.111. The second kappa shape index (κ2) is 4.01. The number of ketones is 1. The number of hydrogen-bond acceptors (Lipinski definition) is 1. The van der Waals surface area contributed by atoms with Gasteiger partial charge in [0, 0.05) is 5.57 Å². The summed E-state index contributed by atoms with van der Waals surface area (Å²) < 4.78 is 0. The maximum absolute atomic E-state index is 11.1. The summed E-state index contributed by atoms with van der Waals surface area (Å²) in [6, 6.07) is 8.04. The average molecular weight is 202 g/mol. The highest BCUT2D eigenvalue weighted by atomic mass is 16.1. The second-order valence-corrected chi connectivity index (χ2v) is 4.86. The van der Waals surface area contributed by atoms with Crippen molar-refractivity contribution < 1.29 is 4.79 Å². The molecule has 0 aliphatic carbocycles. The summed E-state index contributed by atoms with van der Waals surface area (Å²) >= 11 is 0. The predicted octanol–water partition coefficient (Wildman–Crippen LogP) is 3.59. The summed E-state index contributed by atoms with van der Waals surface area (Å²) in [5.74, 6) is 0.0264. The van der Waals surface area contributed by atoms with Crippen molar-refractivity contribution in [1.29, 1.82) is 0 Å². The molecular weight excluding hydrogens is 184 g/mol. The molecule has 0 aliphatic rings. The van der Waals surface area contributed by atoms with Crippen molar-refractivity contribution in [1.82, 2.24) is 0 Å². The first-order chi connectivity index (χ1) is 6.82. The van der Waals surface area contributed by atoms with Crippen LogP contribution in [0.25, 0.3) is 5.57 Å². The van der Waals surface area contributed by atoms with Crippen LogP contribution in [0.4, 0.5) is 0 Å². The number of carbonyl (C=O) groups excluding carboxylic acids is 1. The highest BCUT2D eigenvalue weighted by Gasteiger charge is 2.13. The number of Topliss-reactive ketones (excluding diaryl/α,β-unsaturated/α-hetero) is 1. The zero-order valence-corrected chi connectivity index (χ0v) is 9.92. The minimum absolute atomic E-state index is 0.0264. The minimum atomic E-state index is 0.0264. The van der Waals surface area contributed by atoms with Gasteiger partial charge in [-0.1, -0.05) is 51.6 Å². The van der Waals surface area contributed by atoms with Crippen LogP contribution in [0.1, 0.15) is 38.8 Å². The third-order valence-corrected chi connectivity index (χ3v) is 2.52. The second-order valence-electron chi connectivity index (χ2n) is 4.86. The van der Waals surface area contributed by atoms with E-state index in [0.29, 0.717) is 5.57 Å². The zero-order valence-electron chi connectivity index (χ0n) is 9.92. The maximum Gasteiger partial charge on any atom is 0.159 e. The summed E-state index contributed by atoms with van der Waals surface area (Å²) in [5.41, 5.74) is 2.91. The van der Waals surface area contributed by atoms with E-state index in [-0.39, 0.29) is 11.2 Å². The Labute approximate surface area is 91.8 Å². The first kappa shape index (κ1) is 11.7. The van der Waals surface area contributed by atoms with Gasteiger partial charge < -0.3 is 0 Å². The van der Waals surface area contributed by atoms with Crippen LogP contribution in [0.2, 0.25) is 0 Å². The van der Waals surface area contributed by atoms with Crippen LogP contribution in [0.3, 0.4) is 0 Å². The Hall–Kier alpha value is -1.37. The SMILES string of the molecule is C=C(C(C)=O)c1ccc(C(C)(C)C)cc1. The standard InChI is InChI=1S/C14H18O/c1-10(11(2)15)12-6-8-13(9-7-12)14(3,4)5/h6-9H,1H2,2-5H3. The molecule has 0 bridgehead atoms. The van der Waals surface area contributed by atoms with E-state index in [9.17, 15) is 4.79 Å². The summed E-state index contributed by atoms with van der Waals surface area (Å²) in [4.78, 5) is 11.1. The third-order valence-electron chi connectivity index (χ3n) is 2.52. The van der Waals surface area contributed by atoms with Crippen molar-refractivity contribution >= 4 is 11.4 Å². The van der Waals surface area contributed by atoms with Gasteiger partial charge in [0.2, 0.25) is 0 Å². The van der Waals surface area contributed by atoms with Crippen molar-refractivity contribution in [2.45, 2.75) is 33.1 Å². The van der Waals surface area contributed by atoms with Gasteiger partial charge in [-0.25, -0.2) is 0 Å². The normalized spacial score (nSPS) is 11.2. The number of allylic oxidation sites excluding steroid dienone is 1. The quantitative estimate of drug-likeness (QED) is 0.670. The van der Waals surface area contributed by atoms with Crippen LogP contribution in [0.15, 0.2) is 30.8 Å². The first-order valence-electron chi connectivity index (χ1n) is 5.13. The minimum Gasteiger partial charge on any atom is -0.295 e. The van der Waals surface area contributed by atoms with Gasteiger partial charge in [0.25, 0.3) is 0 Å². The molecule has 1 nitrogen and oxygen atoms in total. The van der Waals surface area contributed by atoms with Crippen LogP contribution < -0.4 is 0 Å². The zero-order chi connectivity index (χ0) is 11.6. The van der Waals surface area contributed by atoms with Crippen molar-refractivity contribution in [2.24, 2.45) is 0 Å². The van der Waals surface area contributed by atoms with E-state index >= 15 is 0 Å². The summed E-state index contributed by atoms with van der Waals surface area (Å²) in [6.45, 7) is 11.8. The molecule has 0 saturated heterocycles. The Morgan fingerprint density at radius 1 is 1.13 bits per heavy atom. The molecule has 1 aromatic rings. The molecule has 0 N–H and O–H groups in total. The van der Waals surface area contributed by atoms with Gasteiger partial charge in [-0.2, -0.15) is 0 Å². The van der Waals surface area contributed by atoms with Crippen LogP contribution in [-0.4, -0.2) is 5.78 Å². The molecule has 1 rings (SSSR count). The number of carbonyl (C=O) groups is 1. The number of hydrogen-bond donors (Lipinski definition) is 0. The van der Waals surface area contributed by atoms with E-state index in [0.717, 1.165) is 5.56 Å². The van der Waals surface area contributed by atoms with Crippen LogP contribution >= 0.6 is 0 Å². The Morgan fingerprint density at radius 3 is 1.93 bits per heavy atom. The molecule has 80 valence electrons. The highest BCUT2D eigenvalue weighted by molar-refractivity contribution is 6.18. The largest absolute Gasteiger partial charge is 0.295 e. The molecule has 0 aromatic heterocycles. The molecule has 0 amide bonds. The van der Waals surface area contributed by atoms with E-state index in [2.05, 4.69) is 39.5 Å². The van der Waals surface area contributed by atoms with Gasteiger partial charge in [0.1, 0.15) is 0 Å². The lowest BCUT2D eigenvalue weighted by Crippen LogP contribution is -2.10. The fourth-order valence-corrected chi connectivity index (χ4v) is 1.37. The Morgan fingerprint density at radius 2 is 1.60 bits per heavy atom. The van der Waals surface area contributed by atoms with Gasteiger partial charge in [-0.3, -0.25) is 4.79 Å². The lowest BCUT2D eigenvalue weighted by Gasteiger charge is -2.19. The Balaban J connectivity index is 3.01. The molecule has 0 atom stereocenters. The van der Waals surface area contributed by atoms with Crippen LogP contribution in [-0.2, 0) is 10.2 Å². The third kappa shape index (κ3) is 2.79. The molecular formula is C14H18O. The average Bonchev–Trinajstić information content (AvgIpc) is 2.15. The summed E-state index contributed by atoms with van der Waals surface area (Å²) in [6.07, 6.45) is 0. The molecule has 0 spiro atoms. The van der Waals surface area contributed by atoms with Gasteiger partial charge >= 0.3 is 0 Å². The van der Waals surface area contributed by atoms with E-state index in [1.807, 2.05) is 12.1 Å². The lowest BCUT2D eigenvalue weighted by atomic mass is 9.86. The first-order valence-corrected chi connectivity index (χ1v) is 5.13. The van der Waals surface area contributed by atoms with Crippen LogP contribution in [0.5, 0.6) is 0 Å². The molecule has 1 heteroatoms. The van der Waals surface area contributed by atoms with E-state index < -0.39 is 0 Å². The summed E-state index contributed by atoms with van der Waals surface area (Å²) in [7, 11) is 0. The maximum atomic E-state index is 11.1. The Bertz CT molecular complexity index is 377. The van der Waals surface area contributed by atoms with Gasteiger partial charge in [0.05, 0.1) is 0 Å².